The third-order valence-corrected chi connectivity index (χ3v) is 1.30. The third-order valence-electron chi connectivity index (χ3n) is 1.30. The number of hydrogen-bond donors (Lipinski definition) is 0. The summed E-state index contributed by atoms with van der Waals surface area (Å²) >= 11 is 0. The van der Waals surface area contributed by atoms with Crippen LogP contribution in [0.2, 0.25) is 0 Å². The standard InChI is InChI=1S/C9H10NO2/c1-2-12-10-9(11)8-6-4-3-5-7-8/h3-7H,2H2,1H3. The maximum atomic E-state index is 11.1. The molecule has 0 N–H and O–H groups in total. The summed E-state index contributed by atoms with van der Waals surface area (Å²) in [6.45, 7) is 2.19. The van der Waals surface area contributed by atoms with Crippen LogP contribution in [0.1, 0.15) is 17.3 Å². The van der Waals surface area contributed by atoms with Crippen LogP contribution in [0.4, 0.5) is 0 Å². The van der Waals surface area contributed by atoms with E-state index in [9.17, 15) is 4.79 Å². The van der Waals surface area contributed by atoms with Crippen molar-refractivity contribution in [3.8, 4) is 0 Å². The molecule has 12 heavy (non-hydrogen) atoms. The highest BCUT2D eigenvalue weighted by atomic mass is 16.6. The predicted molar refractivity (Wildman–Crippen MR) is 44.5 cm³/mol. The highest BCUT2D eigenvalue weighted by Gasteiger charge is 2.04. The Morgan fingerprint density at radius 2 is 2.08 bits per heavy atom. The maximum Gasteiger partial charge on any atom is 0.299 e. The zero-order valence-electron chi connectivity index (χ0n) is 6.86. The lowest BCUT2D eigenvalue weighted by Gasteiger charge is -1.98. The average molecular weight is 164 g/mol. The average Bonchev–Trinajstić information content (AvgIpc) is 2.15. The first-order chi connectivity index (χ1) is 5.84. The van der Waals surface area contributed by atoms with Crippen LogP contribution in [0.5, 0.6) is 0 Å². The SMILES string of the molecule is CCO[N]C(=O)c1ccccc1. The molecule has 0 unspecified atom stereocenters. The molecule has 0 aromatic heterocycles. The van der Waals surface area contributed by atoms with Crippen LogP contribution >= 0.6 is 0 Å². The molecule has 0 aliphatic carbocycles. The Bertz CT molecular complexity index is 246. The third kappa shape index (κ3) is 2.36. The first-order valence-electron chi connectivity index (χ1n) is 3.77. The maximum absolute atomic E-state index is 11.1. The zero-order chi connectivity index (χ0) is 8.81. The quantitative estimate of drug-likeness (QED) is 0.633. The Labute approximate surface area is 71.3 Å². The zero-order valence-corrected chi connectivity index (χ0v) is 6.86. The van der Waals surface area contributed by atoms with Gasteiger partial charge in [-0.3, -0.25) is 4.79 Å². The Morgan fingerprint density at radius 1 is 1.42 bits per heavy atom. The van der Waals surface area contributed by atoms with E-state index < -0.39 is 0 Å². The summed E-state index contributed by atoms with van der Waals surface area (Å²) in [5.74, 6) is -0.336. The minimum Gasteiger partial charge on any atom is -0.265 e. The molecule has 1 aromatic carbocycles. The van der Waals surface area contributed by atoms with Crippen LogP contribution in [0.3, 0.4) is 0 Å². The molecule has 0 saturated heterocycles. The summed E-state index contributed by atoms with van der Waals surface area (Å²) in [6.07, 6.45) is 0. The van der Waals surface area contributed by atoms with Gasteiger partial charge in [-0.2, -0.15) is 0 Å². The number of hydroxylamine groups is 1. The van der Waals surface area contributed by atoms with Crippen molar-refractivity contribution < 1.29 is 9.63 Å². The molecule has 0 heterocycles. The highest BCUT2D eigenvalue weighted by molar-refractivity contribution is 5.93. The fourth-order valence-electron chi connectivity index (χ4n) is 0.757. The van der Waals surface area contributed by atoms with Gasteiger partial charge in [-0.1, -0.05) is 23.7 Å². The molecular weight excluding hydrogens is 154 g/mol. The van der Waals surface area contributed by atoms with Crippen molar-refractivity contribution in [3.05, 3.63) is 35.9 Å². The normalized spacial score (nSPS) is 9.42. The van der Waals surface area contributed by atoms with Gasteiger partial charge in [0.15, 0.2) is 0 Å². The summed E-state index contributed by atoms with van der Waals surface area (Å²) in [4.78, 5) is 15.7. The van der Waals surface area contributed by atoms with E-state index in [2.05, 4.69) is 10.3 Å². The van der Waals surface area contributed by atoms with Crippen molar-refractivity contribution >= 4 is 5.91 Å². The Hall–Kier alpha value is -1.35. The molecule has 0 aliphatic rings. The van der Waals surface area contributed by atoms with Gasteiger partial charge in [-0.15, -0.1) is 0 Å². The minimum absolute atomic E-state index is 0.336. The van der Waals surface area contributed by atoms with Gasteiger partial charge < -0.3 is 0 Å². The lowest BCUT2D eigenvalue weighted by atomic mass is 10.2. The molecular formula is C9H10NO2. The molecule has 0 aliphatic heterocycles. The van der Waals surface area contributed by atoms with Gasteiger partial charge in [0.1, 0.15) is 0 Å². The van der Waals surface area contributed by atoms with Crippen LogP contribution in [-0.4, -0.2) is 12.5 Å². The van der Waals surface area contributed by atoms with Gasteiger partial charge in [0, 0.05) is 5.56 Å². The Kier molecular flexibility index (Phi) is 3.29. The van der Waals surface area contributed by atoms with Crippen molar-refractivity contribution in [2.24, 2.45) is 0 Å². The van der Waals surface area contributed by atoms with Gasteiger partial charge in [-0.25, -0.2) is 4.84 Å². The van der Waals surface area contributed by atoms with Crippen LogP contribution in [0, 0.1) is 0 Å². The molecule has 1 aromatic rings. The summed E-state index contributed by atoms with van der Waals surface area (Å²) in [6, 6.07) is 8.82. The molecule has 3 heteroatoms. The van der Waals surface area contributed by atoms with Gasteiger partial charge in [-0.05, 0) is 19.1 Å². The van der Waals surface area contributed by atoms with Gasteiger partial charge in [0.2, 0.25) is 0 Å². The number of benzene rings is 1. The van der Waals surface area contributed by atoms with Crippen LogP contribution in [0.25, 0.3) is 0 Å². The number of amides is 1. The van der Waals surface area contributed by atoms with Crippen molar-refractivity contribution in [3.63, 3.8) is 0 Å². The number of carbonyl (C=O) groups excluding carboxylic acids is 1. The summed E-state index contributed by atoms with van der Waals surface area (Å²) in [5.41, 5.74) is 3.92. The topological polar surface area (TPSA) is 40.4 Å². The first-order valence-corrected chi connectivity index (χ1v) is 3.77. The van der Waals surface area contributed by atoms with Crippen LogP contribution in [-0.2, 0) is 4.84 Å². The molecule has 0 spiro atoms. The largest absolute Gasteiger partial charge is 0.299 e. The number of hydrogen-bond acceptors (Lipinski definition) is 2. The molecule has 0 bridgehead atoms. The molecule has 0 atom stereocenters. The van der Waals surface area contributed by atoms with E-state index in [1.54, 1.807) is 31.2 Å². The number of carbonyl (C=O) groups is 1. The smallest absolute Gasteiger partial charge is 0.265 e. The lowest BCUT2D eigenvalue weighted by Crippen LogP contribution is -2.15. The fourth-order valence-corrected chi connectivity index (χ4v) is 0.757. The second-order valence-corrected chi connectivity index (χ2v) is 2.18. The summed E-state index contributed by atoms with van der Waals surface area (Å²) < 4.78 is 0. The van der Waals surface area contributed by atoms with Crippen molar-refractivity contribution in [2.75, 3.05) is 6.61 Å². The van der Waals surface area contributed by atoms with E-state index in [0.717, 1.165) is 0 Å². The minimum atomic E-state index is -0.336. The molecule has 0 fully saturated rings. The van der Waals surface area contributed by atoms with E-state index >= 15 is 0 Å². The van der Waals surface area contributed by atoms with E-state index in [4.69, 9.17) is 0 Å². The second kappa shape index (κ2) is 4.51. The van der Waals surface area contributed by atoms with Crippen molar-refractivity contribution in [1.29, 1.82) is 0 Å². The van der Waals surface area contributed by atoms with Crippen LogP contribution in [0.15, 0.2) is 30.3 Å². The van der Waals surface area contributed by atoms with E-state index in [0.29, 0.717) is 12.2 Å². The highest BCUT2D eigenvalue weighted by Crippen LogP contribution is 1.97. The van der Waals surface area contributed by atoms with Gasteiger partial charge in [0.25, 0.3) is 5.91 Å². The van der Waals surface area contributed by atoms with E-state index in [-0.39, 0.29) is 5.91 Å². The van der Waals surface area contributed by atoms with Gasteiger partial charge in [0.05, 0.1) is 6.61 Å². The molecule has 1 radical (unpaired) electrons. The predicted octanol–water partition coefficient (Wildman–Crippen LogP) is 1.38. The van der Waals surface area contributed by atoms with Crippen LogP contribution < -0.4 is 5.48 Å². The molecule has 1 rings (SSSR count). The Balaban J connectivity index is 2.54. The number of nitrogens with zero attached hydrogens (tertiary/aromatic N) is 1. The summed E-state index contributed by atoms with van der Waals surface area (Å²) in [5, 5.41) is 0. The summed E-state index contributed by atoms with van der Waals surface area (Å²) in [7, 11) is 0. The molecule has 63 valence electrons. The monoisotopic (exact) mass is 164 g/mol. The first kappa shape index (κ1) is 8.74. The molecule has 0 saturated carbocycles. The number of rotatable bonds is 3. The van der Waals surface area contributed by atoms with Crippen molar-refractivity contribution in [2.45, 2.75) is 6.92 Å². The fraction of sp³-hybridized carbons (Fsp3) is 0.222. The van der Waals surface area contributed by atoms with Gasteiger partial charge >= 0.3 is 0 Å². The molecule has 1 amide bonds. The molecule has 3 nitrogen and oxygen atoms in total. The van der Waals surface area contributed by atoms with Crippen molar-refractivity contribution in [1.82, 2.24) is 5.48 Å². The van der Waals surface area contributed by atoms with E-state index in [1.807, 2.05) is 6.07 Å². The Morgan fingerprint density at radius 3 is 2.67 bits per heavy atom. The van der Waals surface area contributed by atoms with E-state index in [1.165, 1.54) is 0 Å². The second-order valence-electron chi connectivity index (χ2n) is 2.18. The lowest BCUT2D eigenvalue weighted by molar-refractivity contribution is 0.0316.